The average Bonchev–Trinajstić information content (AvgIpc) is 2.37. The van der Waals surface area contributed by atoms with E-state index in [0.29, 0.717) is 5.92 Å². The summed E-state index contributed by atoms with van der Waals surface area (Å²) in [5.74, 6) is 1.78. The quantitative estimate of drug-likeness (QED) is 0.812. The van der Waals surface area contributed by atoms with Gasteiger partial charge in [0.1, 0.15) is 0 Å². The van der Waals surface area contributed by atoms with Crippen LogP contribution < -0.4 is 5.32 Å². The van der Waals surface area contributed by atoms with Crippen molar-refractivity contribution in [2.45, 2.75) is 64.4 Å². The Morgan fingerprint density at radius 1 is 1.17 bits per heavy atom. The zero-order chi connectivity index (χ0) is 13.0. The summed E-state index contributed by atoms with van der Waals surface area (Å²) in [6, 6.07) is 0. The first-order chi connectivity index (χ1) is 8.65. The van der Waals surface area contributed by atoms with Crippen LogP contribution in [-0.4, -0.2) is 23.7 Å². The first kappa shape index (κ1) is 13.9. The highest BCUT2D eigenvalue weighted by Crippen LogP contribution is 2.28. The lowest BCUT2D eigenvalue weighted by molar-refractivity contribution is -0.126. The zero-order valence-corrected chi connectivity index (χ0v) is 11.5. The largest absolute Gasteiger partial charge is 0.393 e. The molecule has 2 saturated carbocycles. The highest BCUT2D eigenvalue weighted by atomic mass is 16.3. The lowest BCUT2D eigenvalue weighted by Gasteiger charge is -2.28. The molecule has 0 bridgehead atoms. The van der Waals surface area contributed by atoms with Gasteiger partial charge in [0, 0.05) is 12.5 Å². The highest BCUT2D eigenvalue weighted by Gasteiger charge is 2.25. The molecule has 2 aliphatic rings. The Kier molecular flexibility index (Phi) is 5.04. The molecule has 0 spiro atoms. The van der Waals surface area contributed by atoms with Gasteiger partial charge in [0.2, 0.25) is 5.91 Å². The van der Waals surface area contributed by atoms with Gasteiger partial charge in [0.25, 0.3) is 0 Å². The van der Waals surface area contributed by atoms with Gasteiger partial charge in [-0.05, 0) is 56.8 Å². The maximum Gasteiger partial charge on any atom is 0.223 e. The van der Waals surface area contributed by atoms with Crippen LogP contribution in [0.25, 0.3) is 0 Å². The van der Waals surface area contributed by atoms with Crippen molar-refractivity contribution in [1.82, 2.24) is 5.32 Å². The average molecular weight is 253 g/mol. The van der Waals surface area contributed by atoms with Crippen molar-refractivity contribution < 1.29 is 9.90 Å². The van der Waals surface area contributed by atoms with Crippen molar-refractivity contribution in [1.29, 1.82) is 0 Å². The number of rotatable bonds is 3. The second kappa shape index (κ2) is 6.55. The number of hydrogen-bond acceptors (Lipinski definition) is 2. The third kappa shape index (κ3) is 3.98. The van der Waals surface area contributed by atoms with Gasteiger partial charge in [-0.3, -0.25) is 4.79 Å². The van der Waals surface area contributed by atoms with Crippen LogP contribution in [-0.2, 0) is 4.79 Å². The van der Waals surface area contributed by atoms with Crippen molar-refractivity contribution in [3.8, 4) is 0 Å². The minimum absolute atomic E-state index is 0.142. The summed E-state index contributed by atoms with van der Waals surface area (Å²) in [5.41, 5.74) is 0. The topological polar surface area (TPSA) is 49.3 Å². The first-order valence-electron chi connectivity index (χ1n) is 7.61. The Labute approximate surface area is 110 Å². The molecule has 2 fully saturated rings. The fraction of sp³-hybridized carbons (Fsp3) is 0.933. The van der Waals surface area contributed by atoms with Gasteiger partial charge in [-0.1, -0.05) is 13.3 Å². The third-order valence-electron chi connectivity index (χ3n) is 4.71. The molecule has 2 aliphatic carbocycles. The number of amides is 1. The smallest absolute Gasteiger partial charge is 0.223 e. The van der Waals surface area contributed by atoms with Crippen molar-refractivity contribution in [2.75, 3.05) is 6.54 Å². The van der Waals surface area contributed by atoms with Crippen LogP contribution in [0.4, 0.5) is 0 Å². The van der Waals surface area contributed by atoms with Gasteiger partial charge in [-0.2, -0.15) is 0 Å². The summed E-state index contributed by atoms with van der Waals surface area (Å²) in [6.45, 7) is 3.04. The molecule has 0 saturated heterocycles. The molecule has 0 aromatic rings. The Morgan fingerprint density at radius 3 is 2.56 bits per heavy atom. The van der Waals surface area contributed by atoms with Crippen LogP contribution >= 0.6 is 0 Å². The van der Waals surface area contributed by atoms with E-state index >= 15 is 0 Å². The van der Waals surface area contributed by atoms with E-state index < -0.39 is 0 Å². The maximum atomic E-state index is 12.1. The molecule has 1 amide bonds. The molecule has 2 atom stereocenters. The van der Waals surface area contributed by atoms with E-state index in [1.54, 1.807) is 0 Å². The lowest BCUT2D eigenvalue weighted by Crippen LogP contribution is -2.37. The Hall–Kier alpha value is -0.570. The van der Waals surface area contributed by atoms with E-state index in [4.69, 9.17) is 0 Å². The van der Waals surface area contributed by atoms with Crippen LogP contribution in [0, 0.1) is 17.8 Å². The van der Waals surface area contributed by atoms with Crippen LogP contribution in [0.2, 0.25) is 0 Å². The maximum absolute atomic E-state index is 12.1. The van der Waals surface area contributed by atoms with Crippen LogP contribution in [0.1, 0.15) is 58.3 Å². The molecule has 0 aliphatic heterocycles. The molecule has 0 aromatic heterocycles. The summed E-state index contributed by atoms with van der Waals surface area (Å²) < 4.78 is 0. The SMILES string of the molecule is CC1CCC(C(=O)NCC2CCCC(O)C2)CC1. The molecule has 18 heavy (non-hydrogen) atoms. The standard InChI is InChI=1S/C15H27NO2/c1-11-5-7-13(8-6-11)15(18)16-10-12-3-2-4-14(17)9-12/h11-14,17H,2-10H2,1H3,(H,16,18). The van der Waals surface area contributed by atoms with Crippen molar-refractivity contribution >= 4 is 5.91 Å². The van der Waals surface area contributed by atoms with Crippen LogP contribution in [0.15, 0.2) is 0 Å². The zero-order valence-electron chi connectivity index (χ0n) is 11.5. The summed E-state index contributed by atoms with van der Waals surface area (Å²) in [7, 11) is 0. The van der Waals surface area contributed by atoms with Crippen LogP contribution in [0.3, 0.4) is 0 Å². The highest BCUT2D eigenvalue weighted by molar-refractivity contribution is 5.78. The van der Waals surface area contributed by atoms with Gasteiger partial charge >= 0.3 is 0 Å². The molecule has 2 unspecified atom stereocenters. The number of aliphatic hydroxyl groups excluding tert-OH is 1. The summed E-state index contributed by atoms with van der Waals surface area (Å²) >= 11 is 0. The summed E-state index contributed by atoms with van der Waals surface area (Å²) in [6.07, 6.45) is 8.41. The Bertz CT molecular complexity index is 272. The fourth-order valence-corrected chi connectivity index (χ4v) is 3.36. The van der Waals surface area contributed by atoms with Gasteiger partial charge in [0.05, 0.1) is 6.10 Å². The molecule has 2 rings (SSSR count). The minimum Gasteiger partial charge on any atom is -0.393 e. The monoisotopic (exact) mass is 253 g/mol. The minimum atomic E-state index is -0.142. The Balaban J connectivity index is 1.68. The molecular weight excluding hydrogens is 226 g/mol. The molecule has 0 radical (unpaired) electrons. The fourth-order valence-electron chi connectivity index (χ4n) is 3.36. The lowest BCUT2D eigenvalue weighted by atomic mass is 9.82. The van der Waals surface area contributed by atoms with E-state index in [1.165, 1.54) is 12.8 Å². The van der Waals surface area contributed by atoms with E-state index in [1.807, 2.05) is 0 Å². The second-order valence-electron chi connectivity index (χ2n) is 6.39. The van der Waals surface area contributed by atoms with Crippen molar-refractivity contribution in [3.63, 3.8) is 0 Å². The third-order valence-corrected chi connectivity index (χ3v) is 4.71. The molecule has 3 heteroatoms. The molecular formula is C15H27NO2. The van der Waals surface area contributed by atoms with Gasteiger partial charge in [-0.15, -0.1) is 0 Å². The van der Waals surface area contributed by atoms with Gasteiger partial charge in [0.15, 0.2) is 0 Å². The normalized spacial score (nSPS) is 37.2. The molecule has 2 N–H and O–H groups in total. The number of hydrogen-bond donors (Lipinski definition) is 2. The number of carbonyl (C=O) groups excluding carboxylic acids is 1. The predicted octanol–water partition coefficient (Wildman–Crippen LogP) is 2.48. The molecule has 3 nitrogen and oxygen atoms in total. The number of carbonyl (C=O) groups is 1. The molecule has 104 valence electrons. The Morgan fingerprint density at radius 2 is 1.89 bits per heavy atom. The summed E-state index contributed by atoms with van der Waals surface area (Å²) in [4.78, 5) is 12.1. The first-order valence-corrected chi connectivity index (χ1v) is 7.61. The number of nitrogens with one attached hydrogen (secondary N) is 1. The van der Waals surface area contributed by atoms with E-state index in [0.717, 1.165) is 51.0 Å². The van der Waals surface area contributed by atoms with Crippen molar-refractivity contribution in [3.05, 3.63) is 0 Å². The van der Waals surface area contributed by atoms with Crippen molar-refractivity contribution in [2.24, 2.45) is 17.8 Å². The second-order valence-corrected chi connectivity index (χ2v) is 6.39. The summed E-state index contributed by atoms with van der Waals surface area (Å²) in [5, 5.41) is 12.7. The van der Waals surface area contributed by atoms with E-state index in [-0.39, 0.29) is 17.9 Å². The predicted molar refractivity (Wildman–Crippen MR) is 72.1 cm³/mol. The van der Waals surface area contributed by atoms with E-state index in [9.17, 15) is 9.90 Å². The number of aliphatic hydroxyl groups is 1. The van der Waals surface area contributed by atoms with Gasteiger partial charge in [-0.25, -0.2) is 0 Å². The molecule has 0 aromatic carbocycles. The van der Waals surface area contributed by atoms with E-state index in [2.05, 4.69) is 12.2 Å². The van der Waals surface area contributed by atoms with Crippen LogP contribution in [0.5, 0.6) is 0 Å². The van der Waals surface area contributed by atoms with Gasteiger partial charge < -0.3 is 10.4 Å². The molecule has 0 heterocycles.